The van der Waals surface area contributed by atoms with Crippen molar-refractivity contribution in [1.29, 1.82) is 0 Å². The number of piperidine rings is 1. The number of nitrogens with zero attached hydrogens (tertiary/aromatic N) is 1. The van der Waals surface area contributed by atoms with Crippen molar-refractivity contribution in [2.45, 2.75) is 50.0 Å². The Bertz CT molecular complexity index is 608. The van der Waals surface area contributed by atoms with E-state index < -0.39 is 5.60 Å². The van der Waals surface area contributed by atoms with Crippen LogP contribution in [-0.2, 0) is 5.60 Å². The first kappa shape index (κ1) is 14.3. The standard InChI is InChI=1S/C20H25NO/c22-20(12-7-15-21-13-4-1-5-14-21)18-10-3-2-8-16(18)17-9-6-11-19(17)20/h2-3,8,10,17,19,22H,1,4-6,9,11,13-15H2/t17-,19-,20-/m1/s1. The molecule has 1 saturated carbocycles. The minimum atomic E-state index is -0.909. The fourth-order valence-electron chi connectivity index (χ4n) is 4.76. The molecular weight excluding hydrogens is 270 g/mol. The molecule has 1 aromatic rings. The summed E-state index contributed by atoms with van der Waals surface area (Å²) in [5.41, 5.74) is 1.52. The molecule has 3 aliphatic rings. The molecule has 0 bridgehead atoms. The largest absolute Gasteiger partial charge is 0.373 e. The average molecular weight is 295 g/mol. The number of hydrogen-bond donors (Lipinski definition) is 1. The maximum Gasteiger partial charge on any atom is 0.154 e. The van der Waals surface area contributed by atoms with Crippen LogP contribution < -0.4 is 0 Å². The number of rotatable bonds is 1. The summed E-state index contributed by atoms with van der Waals surface area (Å²) < 4.78 is 0. The van der Waals surface area contributed by atoms with Crippen LogP contribution in [0.1, 0.15) is 55.6 Å². The van der Waals surface area contributed by atoms with E-state index in [4.69, 9.17) is 0 Å². The van der Waals surface area contributed by atoms with Crippen molar-refractivity contribution < 1.29 is 5.11 Å². The molecule has 1 heterocycles. The Hall–Kier alpha value is -1.30. The van der Waals surface area contributed by atoms with Gasteiger partial charge in [0.15, 0.2) is 5.60 Å². The summed E-state index contributed by atoms with van der Waals surface area (Å²) in [5, 5.41) is 11.4. The predicted molar refractivity (Wildman–Crippen MR) is 88.5 cm³/mol. The molecule has 0 amide bonds. The Kier molecular flexibility index (Phi) is 3.72. The molecule has 1 aliphatic heterocycles. The second-order valence-corrected chi connectivity index (χ2v) is 7.14. The monoisotopic (exact) mass is 295 g/mol. The molecule has 2 nitrogen and oxygen atoms in total. The first-order chi connectivity index (χ1) is 10.8. The Morgan fingerprint density at radius 1 is 1.09 bits per heavy atom. The van der Waals surface area contributed by atoms with Crippen molar-refractivity contribution in [2.75, 3.05) is 19.6 Å². The minimum Gasteiger partial charge on any atom is -0.373 e. The smallest absolute Gasteiger partial charge is 0.154 e. The lowest BCUT2D eigenvalue weighted by Gasteiger charge is -2.26. The zero-order valence-corrected chi connectivity index (χ0v) is 13.2. The quantitative estimate of drug-likeness (QED) is 0.804. The maximum atomic E-state index is 11.4. The zero-order chi connectivity index (χ0) is 15.0. The number of benzene rings is 1. The van der Waals surface area contributed by atoms with Gasteiger partial charge in [-0.15, -0.1) is 0 Å². The van der Waals surface area contributed by atoms with Crippen molar-refractivity contribution in [1.82, 2.24) is 4.90 Å². The van der Waals surface area contributed by atoms with Crippen LogP contribution in [0.3, 0.4) is 0 Å². The molecule has 22 heavy (non-hydrogen) atoms. The molecule has 4 rings (SSSR count). The van der Waals surface area contributed by atoms with Crippen LogP contribution in [0.4, 0.5) is 0 Å². The molecule has 116 valence electrons. The van der Waals surface area contributed by atoms with Crippen molar-refractivity contribution >= 4 is 0 Å². The van der Waals surface area contributed by atoms with Crippen molar-refractivity contribution in [2.24, 2.45) is 5.92 Å². The van der Waals surface area contributed by atoms with Crippen molar-refractivity contribution in [3.05, 3.63) is 35.4 Å². The van der Waals surface area contributed by atoms with Crippen LogP contribution in [0.2, 0.25) is 0 Å². The molecule has 3 atom stereocenters. The molecule has 0 spiro atoms. The fraction of sp³-hybridized carbons (Fsp3) is 0.600. The summed E-state index contributed by atoms with van der Waals surface area (Å²) >= 11 is 0. The number of likely N-dealkylation sites (tertiary alicyclic amines) is 1. The second kappa shape index (κ2) is 5.72. The Balaban J connectivity index is 1.59. The summed E-state index contributed by atoms with van der Waals surface area (Å²) in [6.07, 6.45) is 7.47. The summed E-state index contributed by atoms with van der Waals surface area (Å²) in [4.78, 5) is 2.42. The molecule has 0 aromatic heterocycles. The number of aliphatic hydroxyl groups is 1. The van der Waals surface area contributed by atoms with Gasteiger partial charge in [0, 0.05) is 5.92 Å². The van der Waals surface area contributed by atoms with Crippen LogP contribution in [0.15, 0.2) is 24.3 Å². The van der Waals surface area contributed by atoms with E-state index in [9.17, 15) is 5.11 Å². The third-order valence-electron chi connectivity index (χ3n) is 5.85. The second-order valence-electron chi connectivity index (χ2n) is 7.14. The zero-order valence-electron chi connectivity index (χ0n) is 13.2. The van der Waals surface area contributed by atoms with Gasteiger partial charge in [0.25, 0.3) is 0 Å². The topological polar surface area (TPSA) is 23.5 Å². The van der Waals surface area contributed by atoms with Gasteiger partial charge in [0.1, 0.15) is 0 Å². The normalized spacial score (nSPS) is 33.9. The third kappa shape index (κ3) is 2.28. The average Bonchev–Trinajstić information content (AvgIpc) is 3.13. The highest BCUT2D eigenvalue weighted by Crippen LogP contribution is 2.56. The van der Waals surface area contributed by atoms with Gasteiger partial charge >= 0.3 is 0 Å². The molecule has 1 saturated heterocycles. The Morgan fingerprint density at radius 3 is 2.77 bits per heavy atom. The van der Waals surface area contributed by atoms with Crippen LogP contribution in [-0.4, -0.2) is 29.6 Å². The molecule has 2 aliphatic carbocycles. The SMILES string of the molecule is O[C@]1(C#CCN2CCCCC2)c2ccccc2[C@H]2CCC[C@H]21. The molecule has 0 unspecified atom stereocenters. The number of fused-ring (bicyclic) bond motifs is 3. The lowest BCUT2D eigenvalue weighted by molar-refractivity contribution is 0.0449. The molecule has 2 heteroatoms. The van der Waals surface area contributed by atoms with Gasteiger partial charge in [0.2, 0.25) is 0 Å². The van der Waals surface area contributed by atoms with E-state index in [1.54, 1.807) is 0 Å². The predicted octanol–water partition coefficient (Wildman–Crippen LogP) is 3.26. The van der Waals surface area contributed by atoms with E-state index in [2.05, 4.69) is 34.9 Å². The van der Waals surface area contributed by atoms with Crippen LogP contribution in [0, 0.1) is 17.8 Å². The van der Waals surface area contributed by atoms with Crippen LogP contribution >= 0.6 is 0 Å². The third-order valence-corrected chi connectivity index (χ3v) is 5.85. The van der Waals surface area contributed by atoms with Gasteiger partial charge in [-0.1, -0.05) is 48.9 Å². The van der Waals surface area contributed by atoms with Crippen molar-refractivity contribution in [3.63, 3.8) is 0 Å². The van der Waals surface area contributed by atoms with Gasteiger partial charge in [-0.25, -0.2) is 0 Å². The van der Waals surface area contributed by atoms with E-state index in [1.165, 1.54) is 37.7 Å². The van der Waals surface area contributed by atoms with Crippen molar-refractivity contribution in [3.8, 4) is 11.8 Å². The molecule has 1 N–H and O–H groups in total. The lowest BCUT2D eigenvalue weighted by Crippen LogP contribution is -2.32. The van der Waals surface area contributed by atoms with E-state index in [0.29, 0.717) is 11.8 Å². The molecular formula is C20H25NO. The summed E-state index contributed by atoms with van der Waals surface area (Å²) in [6, 6.07) is 8.42. The van der Waals surface area contributed by atoms with E-state index >= 15 is 0 Å². The fourth-order valence-corrected chi connectivity index (χ4v) is 4.76. The summed E-state index contributed by atoms with van der Waals surface area (Å²) in [5.74, 6) is 7.44. The number of hydrogen-bond acceptors (Lipinski definition) is 2. The highest BCUT2D eigenvalue weighted by Gasteiger charge is 2.51. The molecule has 1 aromatic carbocycles. The molecule has 2 fully saturated rings. The van der Waals surface area contributed by atoms with Gasteiger partial charge in [-0.05, 0) is 55.8 Å². The van der Waals surface area contributed by atoms with E-state index in [1.807, 2.05) is 6.07 Å². The van der Waals surface area contributed by atoms with Gasteiger partial charge in [-0.2, -0.15) is 0 Å². The highest BCUT2D eigenvalue weighted by atomic mass is 16.3. The minimum absolute atomic E-state index is 0.304. The van der Waals surface area contributed by atoms with Gasteiger partial charge in [0.05, 0.1) is 6.54 Å². The molecule has 0 radical (unpaired) electrons. The maximum absolute atomic E-state index is 11.4. The summed E-state index contributed by atoms with van der Waals surface area (Å²) in [7, 11) is 0. The Morgan fingerprint density at radius 2 is 1.91 bits per heavy atom. The first-order valence-corrected chi connectivity index (χ1v) is 8.83. The first-order valence-electron chi connectivity index (χ1n) is 8.83. The van der Waals surface area contributed by atoms with Crippen LogP contribution in [0.25, 0.3) is 0 Å². The Labute approximate surface area is 133 Å². The van der Waals surface area contributed by atoms with E-state index in [0.717, 1.165) is 31.6 Å². The summed E-state index contributed by atoms with van der Waals surface area (Å²) in [6.45, 7) is 3.13. The van der Waals surface area contributed by atoms with Crippen LogP contribution in [0.5, 0.6) is 0 Å². The van der Waals surface area contributed by atoms with E-state index in [-0.39, 0.29) is 0 Å². The lowest BCUT2D eigenvalue weighted by atomic mass is 9.85. The van der Waals surface area contributed by atoms with Gasteiger partial charge in [-0.3, -0.25) is 4.90 Å². The highest BCUT2D eigenvalue weighted by molar-refractivity contribution is 5.48. The van der Waals surface area contributed by atoms with Gasteiger partial charge < -0.3 is 5.11 Å².